The molecular formula is C11H15N4O7P. The lowest BCUT2D eigenvalue weighted by Crippen LogP contribution is -2.36. The van der Waals surface area contributed by atoms with Crippen LogP contribution >= 0.6 is 7.82 Å². The highest BCUT2D eigenvalue weighted by Crippen LogP contribution is 2.37. The van der Waals surface area contributed by atoms with Gasteiger partial charge in [0.25, 0.3) is 5.56 Å². The first-order valence-electron chi connectivity index (χ1n) is 6.65. The SMILES string of the molecule is O=c1[nH]cnc2c([C@@H]3N[C@H](COP(=O)(O)O)[C@H](O)[C@@H]3O)c[nH]c12. The van der Waals surface area contributed by atoms with Crippen LogP contribution in [0.2, 0.25) is 0 Å². The largest absolute Gasteiger partial charge is 0.469 e. The van der Waals surface area contributed by atoms with Crippen LogP contribution in [0.15, 0.2) is 17.3 Å². The van der Waals surface area contributed by atoms with Crippen molar-refractivity contribution in [2.45, 2.75) is 24.3 Å². The van der Waals surface area contributed by atoms with Crippen molar-refractivity contribution in [1.82, 2.24) is 20.3 Å². The molecule has 3 heterocycles. The zero-order valence-corrected chi connectivity index (χ0v) is 12.5. The van der Waals surface area contributed by atoms with Gasteiger partial charge >= 0.3 is 7.82 Å². The third-order valence-electron chi connectivity index (χ3n) is 3.75. The molecule has 0 spiro atoms. The van der Waals surface area contributed by atoms with Gasteiger partial charge in [0.15, 0.2) is 0 Å². The summed E-state index contributed by atoms with van der Waals surface area (Å²) in [6.07, 6.45) is 0.125. The van der Waals surface area contributed by atoms with E-state index in [9.17, 15) is 19.6 Å². The number of fused-ring (bicyclic) bond motifs is 1. The van der Waals surface area contributed by atoms with Crippen molar-refractivity contribution in [3.63, 3.8) is 0 Å². The molecule has 2 aromatic rings. The lowest BCUT2D eigenvalue weighted by atomic mass is 10.0. The highest BCUT2D eigenvalue weighted by molar-refractivity contribution is 7.46. The fourth-order valence-electron chi connectivity index (χ4n) is 2.67. The summed E-state index contributed by atoms with van der Waals surface area (Å²) >= 11 is 0. The third-order valence-corrected chi connectivity index (χ3v) is 4.24. The first-order chi connectivity index (χ1) is 10.8. The first-order valence-corrected chi connectivity index (χ1v) is 8.18. The normalized spacial score (nSPS) is 28.5. The van der Waals surface area contributed by atoms with Crippen LogP contribution in [-0.4, -0.2) is 59.8 Å². The van der Waals surface area contributed by atoms with Crippen LogP contribution < -0.4 is 10.9 Å². The molecule has 2 aromatic heterocycles. The molecule has 4 atom stereocenters. The van der Waals surface area contributed by atoms with Gasteiger partial charge in [-0.1, -0.05) is 0 Å². The number of hydrogen-bond acceptors (Lipinski definition) is 7. The van der Waals surface area contributed by atoms with Crippen molar-refractivity contribution in [2.24, 2.45) is 0 Å². The van der Waals surface area contributed by atoms with Gasteiger partial charge in [-0.25, -0.2) is 9.55 Å². The summed E-state index contributed by atoms with van der Waals surface area (Å²) in [7, 11) is -4.69. The highest BCUT2D eigenvalue weighted by Gasteiger charge is 2.43. The number of nitrogens with one attached hydrogen (secondary N) is 3. The monoisotopic (exact) mass is 346 g/mol. The van der Waals surface area contributed by atoms with E-state index in [0.29, 0.717) is 11.1 Å². The Hall–Kier alpha value is -1.59. The number of nitrogens with zero attached hydrogens (tertiary/aromatic N) is 1. The Balaban J connectivity index is 1.87. The second kappa shape index (κ2) is 5.80. The minimum absolute atomic E-state index is 0.223. The van der Waals surface area contributed by atoms with Crippen LogP contribution in [0.3, 0.4) is 0 Å². The number of rotatable bonds is 4. The number of aliphatic hydroxyl groups excluding tert-OH is 2. The van der Waals surface area contributed by atoms with Crippen molar-refractivity contribution in [3.8, 4) is 0 Å². The molecule has 23 heavy (non-hydrogen) atoms. The number of hydrogen-bond donors (Lipinski definition) is 7. The topological polar surface area (TPSA) is 181 Å². The Morgan fingerprint density at radius 1 is 1.26 bits per heavy atom. The molecular weight excluding hydrogens is 331 g/mol. The van der Waals surface area contributed by atoms with E-state index in [1.54, 1.807) is 0 Å². The smallest absolute Gasteiger partial charge is 0.389 e. The summed E-state index contributed by atoms with van der Waals surface area (Å²) in [4.78, 5) is 38.3. The highest BCUT2D eigenvalue weighted by atomic mass is 31.2. The van der Waals surface area contributed by atoms with Gasteiger partial charge in [0.05, 0.1) is 31.1 Å². The number of phosphoric acid groups is 1. The summed E-state index contributed by atoms with van der Waals surface area (Å²) in [5.41, 5.74) is 0.627. The zero-order chi connectivity index (χ0) is 16.8. The first kappa shape index (κ1) is 16.3. The Morgan fingerprint density at radius 2 is 2.00 bits per heavy atom. The van der Waals surface area contributed by atoms with Crippen LogP contribution in [0.5, 0.6) is 0 Å². The molecule has 12 heteroatoms. The van der Waals surface area contributed by atoms with Gasteiger partial charge in [0.1, 0.15) is 17.1 Å². The second-order valence-electron chi connectivity index (χ2n) is 5.22. The maximum atomic E-state index is 11.7. The molecule has 1 fully saturated rings. The fourth-order valence-corrected chi connectivity index (χ4v) is 3.02. The maximum absolute atomic E-state index is 11.7. The predicted molar refractivity (Wildman–Crippen MR) is 76.4 cm³/mol. The van der Waals surface area contributed by atoms with E-state index in [0.717, 1.165) is 0 Å². The minimum atomic E-state index is -4.69. The standard InChI is InChI=1S/C11H15N4O7P/c16-9-5(2-22-23(19,20)21)15-7(10(9)17)4-1-12-8-6(4)13-3-14-11(8)18/h1,3,5,7,9-10,12,15-17H,2H2,(H,13,14,18)(H2,19,20,21)/t5-,7+,9+,10-/m1/s1. The molecule has 11 nitrogen and oxygen atoms in total. The Labute approximate surface area is 128 Å². The van der Waals surface area contributed by atoms with Crippen LogP contribution in [0.4, 0.5) is 0 Å². The molecule has 1 aliphatic rings. The molecule has 7 N–H and O–H groups in total. The second-order valence-corrected chi connectivity index (χ2v) is 6.46. The Bertz CT molecular complexity index is 814. The number of H-pyrrole nitrogens is 2. The lowest BCUT2D eigenvalue weighted by Gasteiger charge is -2.15. The number of aliphatic hydroxyl groups is 2. The summed E-state index contributed by atoms with van der Waals surface area (Å²) in [6.45, 7) is -0.491. The van der Waals surface area contributed by atoms with Crippen LogP contribution in [0, 0.1) is 0 Å². The van der Waals surface area contributed by atoms with E-state index in [-0.39, 0.29) is 11.1 Å². The van der Waals surface area contributed by atoms with Crippen LogP contribution in [0.1, 0.15) is 11.6 Å². The fraction of sp³-hybridized carbons (Fsp3) is 0.455. The molecule has 1 saturated heterocycles. The zero-order valence-electron chi connectivity index (χ0n) is 11.6. The van der Waals surface area contributed by atoms with Crippen LogP contribution in [-0.2, 0) is 9.09 Å². The maximum Gasteiger partial charge on any atom is 0.469 e. The van der Waals surface area contributed by atoms with Gasteiger partial charge in [0, 0.05) is 11.8 Å². The quantitative estimate of drug-likeness (QED) is 0.311. The molecule has 3 rings (SSSR count). The van der Waals surface area contributed by atoms with Crippen molar-refractivity contribution in [1.29, 1.82) is 0 Å². The average Bonchev–Trinajstić information content (AvgIpc) is 3.01. The van der Waals surface area contributed by atoms with Crippen molar-refractivity contribution < 1.29 is 29.1 Å². The number of phosphoric ester groups is 1. The molecule has 0 bridgehead atoms. The molecule has 0 unspecified atom stereocenters. The Morgan fingerprint density at radius 3 is 2.70 bits per heavy atom. The Kier molecular flexibility index (Phi) is 4.10. The molecule has 0 aromatic carbocycles. The van der Waals surface area contributed by atoms with E-state index >= 15 is 0 Å². The van der Waals surface area contributed by atoms with Crippen molar-refractivity contribution in [2.75, 3.05) is 6.61 Å². The summed E-state index contributed by atoms with van der Waals surface area (Å²) < 4.78 is 15.1. The van der Waals surface area contributed by atoms with E-state index in [2.05, 4.69) is 24.8 Å². The van der Waals surface area contributed by atoms with Gasteiger partial charge in [0.2, 0.25) is 0 Å². The van der Waals surface area contributed by atoms with E-state index < -0.39 is 38.7 Å². The molecule has 0 saturated carbocycles. The summed E-state index contributed by atoms with van der Waals surface area (Å²) in [5.74, 6) is 0. The van der Waals surface area contributed by atoms with E-state index in [4.69, 9.17) is 9.79 Å². The van der Waals surface area contributed by atoms with Gasteiger partial charge < -0.3 is 35.3 Å². The lowest BCUT2D eigenvalue weighted by molar-refractivity contribution is 0.0192. The van der Waals surface area contributed by atoms with Gasteiger partial charge in [-0.2, -0.15) is 0 Å². The van der Waals surface area contributed by atoms with E-state index in [1.807, 2.05) is 0 Å². The molecule has 1 aliphatic heterocycles. The summed E-state index contributed by atoms with van der Waals surface area (Å²) in [5, 5.41) is 23.0. The van der Waals surface area contributed by atoms with Gasteiger partial charge in [-0.05, 0) is 0 Å². The van der Waals surface area contributed by atoms with Gasteiger partial charge in [-0.3, -0.25) is 9.32 Å². The number of aromatic nitrogens is 3. The van der Waals surface area contributed by atoms with E-state index in [1.165, 1.54) is 12.5 Å². The minimum Gasteiger partial charge on any atom is -0.389 e. The molecule has 0 amide bonds. The third kappa shape index (κ3) is 3.08. The molecule has 126 valence electrons. The van der Waals surface area contributed by atoms with Crippen molar-refractivity contribution in [3.05, 3.63) is 28.4 Å². The summed E-state index contributed by atoms with van der Waals surface area (Å²) in [6, 6.07) is -1.67. The predicted octanol–water partition coefficient (Wildman–Crippen LogP) is -1.90. The van der Waals surface area contributed by atoms with Crippen LogP contribution in [0.25, 0.3) is 11.0 Å². The molecule has 0 radical (unpaired) electrons. The average molecular weight is 346 g/mol. The van der Waals surface area contributed by atoms with Crippen molar-refractivity contribution >= 4 is 18.9 Å². The number of aromatic amines is 2. The van der Waals surface area contributed by atoms with Gasteiger partial charge in [-0.15, -0.1) is 0 Å². The molecule has 0 aliphatic carbocycles.